The number of nitrogens with one attached hydrogen (secondary N) is 1. The van der Waals surface area contributed by atoms with Crippen molar-refractivity contribution in [2.45, 2.75) is 32.1 Å². The van der Waals surface area contributed by atoms with Gasteiger partial charge in [-0.15, -0.1) is 0 Å². The third kappa shape index (κ3) is 4.44. The molecule has 4 heteroatoms. The van der Waals surface area contributed by atoms with Crippen LogP contribution in [0.1, 0.15) is 37.7 Å². The maximum Gasteiger partial charge on any atom is 0.244 e. The van der Waals surface area contributed by atoms with Gasteiger partial charge in [0, 0.05) is 12.6 Å². The SMILES string of the molecule is O=C(C=Cc1ccc(F)c(F)c1)NCC1CCCCC1. The van der Waals surface area contributed by atoms with Gasteiger partial charge in [-0.1, -0.05) is 25.3 Å². The Morgan fingerprint density at radius 3 is 2.65 bits per heavy atom. The minimum absolute atomic E-state index is 0.194. The van der Waals surface area contributed by atoms with Crippen molar-refractivity contribution in [2.75, 3.05) is 6.54 Å². The van der Waals surface area contributed by atoms with E-state index < -0.39 is 11.6 Å². The van der Waals surface area contributed by atoms with Gasteiger partial charge < -0.3 is 5.32 Å². The number of hydrogen-bond acceptors (Lipinski definition) is 1. The lowest BCUT2D eigenvalue weighted by Crippen LogP contribution is -2.28. The summed E-state index contributed by atoms with van der Waals surface area (Å²) in [6.07, 6.45) is 8.96. The first-order valence-corrected chi connectivity index (χ1v) is 7.06. The molecule has 1 fully saturated rings. The molecule has 0 bridgehead atoms. The van der Waals surface area contributed by atoms with Gasteiger partial charge in [0.1, 0.15) is 0 Å². The van der Waals surface area contributed by atoms with Crippen LogP contribution in [-0.2, 0) is 4.79 Å². The molecule has 1 amide bonds. The molecular weight excluding hydrogens is 260 g/mol. The highest BCUT2D eigenvalue weighted by atomic mass is 19.2. The van der Waals surface area contributed by atoms with Gasteiger partial charge in [0.05, 0.1) is 0 Å². The molecule has 0 aromatic heterocycles. The minimum Gasteiger partial charge on any atom is -0.352 e. The normalized spacial score (nSPS) is 16.5. The lowest BCUT2D eigenvalue weighted by molar-refractivity contribution is -0.116. The van der Waals surface area contributed by atoms with Crippen LogP contribution in [0.3, 0.4) is 0 Å². The second kappa shape index (κ2) is 7.17. The third-order valence-corrected chi connectivity index (χ3v) is 3.66. The fourth-order valence-corrected chi connectivity index (χ4v) is 2.48. The van der Waals surface area contributed by atoms with E-state index >= 15 is 0 Å². The van der Waals surface area contributed by atoms with Gasteiger partial charge in [0.2, 0.25) is 5.91 Å². The third-order valence-electron chi connectivity index (χ3n) is 3.66. The number of carbonyl (C=O) groups is 1. The Morgan fingerprint density at radius 2 is 1.95 bits per heavy atom. The van der Waals surface area contributed by atoms with Gasteiger partial charge in [-0.3, -0.25) is 4.79 Å². The summed E-state index contributed by atoms with van der Waals surface area (Å²) in [6.45, 7) is 0.695. The molecule has 0 saturated heterocycles. The number of benzene rings is 1. The molecule has 2 nitrogen and oxygen atoms in total. The fraction of sp³-hybridized carbons (Fsp3) is 0.438. The lowest BCUT2D eigenvalue weighted by Gasteiger charge is -2.21. The monoisotopic (exact) mass is 279 g/mol. The molecule has 2 rings (SSSR count). The highest BCUT2D eigenvalue weighted by Gasteiger charge is 2.13. The summed E-state index contributed by atoms with van der Waals surface area (Å²) in [5, 5.41) is 2.86. The van der Waals surface area contributed by atoms with Crippen molar-refractivity contribution in [2.24, 2.45) is 5.92 Å². The number of amides is 1. The van der Waals surface area contributed by atoms with Crippen LogP contribution >= 0.6 is 0 Å². The Bertz CT molecular complexity index is 493. The van der Waals surface area contributed by atoms with E-state index in [0.717, 1.165) is 12.1 Å². The maximum absolute atomic E-state index is 13.0. The van der Waals surface area contributed by atoms with Crippen LogP contribution in [0.25, 0.3) is 6.08 Å². The first-order valence-electron chi connectivity index (χ1n) is 7.06. The van der Waals surface area contributed by atoms with E-state index in [0.29, 0.717) is 18.0 Å². The Morgan fingerprint density at radius 1 is 1.20 bits per heavy atom. The van der Waals surface area contributed by atoms with Crippen molar-refractivity contribution < 1.29 is 13.6 Å². The van der Waals surface area contributed by atoms with Crippen LogP contribution < -0.4 is 5.32 Å². The van der Waals surface area contributed by atoms with Crippen LogP contribution in [0.15, 0.2) is 24.3 Å². The summed E-state index contributed by atoms with van der Waals surface area (Å²) in [7, 11) is 0. The van der Waals surface area contributed by atoms with Gasteiger partial charge in [-0.25, -0.2) is 8.78 Å². The number of rotatable bonds is 4. The lowest BCUT2D eigenvalue weighted by atomic mass is 9.89. The molecule has 1 N–H and O–H groups in total. The molecule has 0 atom stereocenters. The first kappa shape index (κ1) is 14.7. The molecule has 1 aliphatic rings. The summed E-state index contributed by atoms with van der Waals surface area (Å²) in [4.78, 5) is 11.6. The summed E-state index contributed by atoms with van der Waals surface area (Å²) < 4.78 is 25.7. The molecule has 108 valence electrons. The van der Waals surface area contributed by atoms with E-state index in [1.54, 1.807) is 0 Å². The molecule has 0 radical (unpaired) electrons. The van der Waals surface area contributed by atoms with Crippen molar-refractivity contribution >= 4 is 12.0 Å². The molecule has 1 aromatic carbocycles. The molecule has 0 unspecified atom stereocenters. The summed E-state index contributed by atoms with van der Waals surface area (Å²) in [5.41, 5.74) is 0.469. The summed E-state index contributed by atoms with van der Waals surface area (Å²) in [6, 6.07) is 3.55. The zero-order valence-corrected chi connectivity index (χ0v) is 11.4. The Labute approximate surface area is 117 Å². The molecule has 20 heavy (non-hydrogen) atoms. The van der Waals surface area contributed by atoms with Crippen LogP contribution in [0.2, 0.25) is 0 Å². The van der Waals surface area contributed by atoms with Gasteiger partial charge in [-0.05, 0) is 42.5 Å². The second-order valence-corrected chi connectivity index (χ2v) is 5.26. The van der Waals surface area contributed by atoms with Crippen molar-refractivity contribution in [1.29, 1.82) is 0 Å². The zero-order chi connectivity index (χ0) is 14.4. The van der Waals surface area contributed by atoms with Crippen LogP contribution in [0.5, 0.6) is 0 Å². The highest BCUT2D eigenvalue weighted by Crippen LogP contribution is 2.22. The minimum atomic E-state index is -0.908. The van der Waals surface area contributed by atoms with Crippen molar-refractivity contribution in [1.82, 2.24) is 5.32 Å². The average Bonchev–Trinajstić information content (AvgIpc) is 2.47. The summed E-state index contributed by atoms with van der Waals surface area (Å²) in [5.74, 6) is -1.41. The topological polar surface area (TPSA) is 29.1 Å². The molecule has 1 aromatic rings. The Hall–Kier alpha value is -1.71. The number of carbonyl (C=O) groups excluding carboxylic acids is 1. The first-order chi connectivity index (χ1) is 9.65. The van der Waals surface area contributed by atoms with Gasteiger partial charge in [-0.2, -0.15) is 0 Å². The molecule has 0 spiro atoms. The maximum atomic E-state index is 13.0. The summed E-state index contributed by atoms with van der Waals surface area (Å²) >= 11 is 0. The van der Waals surface area contributed by atoms with Crippen molar-refractivity contribution in [3.8, 4) is 0 Å². The van der Waals surface area contributed by atoms with E-state index in [9.17, 15) is 13.6 Å². The quantitative estimate of drug-likeness (QED) is 0.837. The van der Waals surface area contributed by atoms with E-state index in [4.69, 9.17) is 0 Å². The van der Waals surface area contributed by atoms with Crippen LogP contribution in [0.4, 0.5) is 8.78 Å². The predicted molar refractivity (Wildman–Crippen MR) is 75.0 cm³/mol. The number of hydrogen-bond donors (Lipinski definition) is 1. The average molecular weight is 279 g/mol. The molecule has 1 saturated carbocycles. The van der Waals surface area contributed by atoms with Crippen LogP contribution in [0, 0.1) is 17.6 Å². The zero-order valence-electron chi connectivity index (χ0n) is 11.4. The molecule has 0 aliphatic heterocycles. The highest BCUT2D eigenvalue weighted by molar-refractivity contribution is 5.91. The van der Waals surface area contributed by atoms with Gasteiger partial charge in [0.15, 0.2) is 11.6 Å². The van der Waals surface area contributed by atoms with E-state index in [-0.39, 0.29) is 5.91 Å². The van der Waals surface area contributed by atoms with Gasteiger partial charge in [0.25, 0.3) is 0 Å². The fourth-order valence-electron chi connectivity index (χ4n) is 2.48. The molecule has 1 aliphatic carbocycles. The number of halogens is 2. The smallest absolute Gasteiger partial charge is 0.244 e. The van der Waals surface area contributed by atoms with E-state index in [1.807, 2.05) is 0 Å². The van der Waals surface area contributed by atoms with Crippen molar-refractivity contribution in [3.63, 3.8) is 0 Å². The second-order valence-electron chi connectivity index (χ2n) is 5.26. The van der Waals surface area contributed by atoms with Gasteiger partial charge >= 0.3 is 0 Å². The van der Waals surface area contributed by atoms with Crippen molar-refractivity contribution in [3.05, 3.63) is 41.5 Å². The Kier molecular flexibility index (Phi) is 5.27. The predicted octanol–water partition coefficient (Wildman–Crippen LogP) is 3.67. The van der Waals surface area contributed by atoms with E-state index in [1.165, 1.54) is 50.3 Å². The van der Waals surface area contributed by atoms with Crippen LogP contribution in [-0.4, -0.2) is 12.5 Å². The Balaban J connectivity index is 1.80. The molecular formula is C16H19F2NO. The molecule has 0 heterocycles. The standard InChI is InChI=1S/C16H19F2NO/c17-14-8-6-12(10-15(14)18)7-9-16(20)19-11-13-4-2-1-3-5-13/h6-10,13H,1-5,11H2,(H,19,20). The van der Waals surface area contributed by atoms with E-state index in [2.05, 4.69) is 5.32 Å². The largest absolute Gasteiger partial charge is 0.352 e.